The molecule has 212 valence electrons. The van der Waals surface area contributed by atoms with Crippen LogP contribution in [0, 0.1) is 39.3 Å². The monoisotopic (exact) mass is 570 g/mol. The number of rotatable bonds is 5. The molecule has 4 aromatic carbocycles. The van der Waals surface area contributed by atoms with Crippen molar-refractivity contribution in [2.45, 2.75) is 27.7 Å². The fraction of sp³-hybridized carbons (Fsp3) is 0.111. The summed E-state index contributed by atoms with van der Waals surface area (Å²) < 4.78 is 39.7. The molecule has 0 bridgehead atoms. The van der Waals surface area contributed by atoms with Crippen molar-refractivity contribution in [3.63, 3.8) is 0 Å². The average Bonchev–Trinajstić information content (AvgIpc) is 3.46. The second kappa shape index (κ2) is 10.2. The van der Waals surface area contributed by atoms with Gasteiger partial charge in [-0.25, -0.2) is 18.4 Å². The van der Waals surface area contributed by atoms with E-state index in [1.165, 1.54) is 18.2 Å². The Hall–Kier alpha value is -5.30. The highest BCUT2D eigenvalue weighted by atomic mass is 19.1. The van der Waals surface area contributed by atoms with Crippen LogP contribution in [0.2, 0.25) is 0 Å². The second-order valence-electron chi connectivity index (χ2n) is 10.9. The Morgan fingerprint density at radius 3 is 2.21 bits per heavy atom. The van der Waals surface area contributed by atoms with Crippen molar-refractivity contribution in [3.05, 3.63) is 131 Å². The van der Waals surface area contributed by atoms with E-state index in [0.717, 1.165) is 44.4 Å². The third-order valence-corrected chi connectivity index (χ3v) is 7.80. The first-order valence-electron chi connectivity index (χ1n) is 14.1. The Balaban J connectivity index is 1.31. The van der Waals surface area contributed by atoms with Gasteiger partial charge in [0.25, 0.3) is 0 Å². The predicted octanol–water partition coefficient (Wildman–Crippen LogP) is 9.34. The van der Waals surface area contributed by atoms with Crippen LogP contribution in [0.5, 0.6) is 11.5 Å². The van der Waals surface area contributed by atoms with Gasteiger partial charge in [-0.15, -0.1) is 0 Å². The molecule has 0 unspecified atom stereocenters. The van der Waals surface area contributed by atoms with Gasteiger partial charge in [0.15, 0.2) is 0 Å². The van der Waals surface area contributed by atoms with E-state index in [2.05, 4.69) is 45.8 Å². The largest absolute Gasteiger partial charge is 0.457 e. The third-order valence-electron chi connectivity index (χ3n) is 7.80. The normalized spacial score (nSPS) is 11.5. The highest BCUT2D eigenvalue weighted by molar-refractivity contribution is 6.09. The topological polar surface area (TPSA) is 44.9 Å². The Labute approximate surface area is 247 Å². The summed E-state index contributed by atoms with van der Waals surface area (Å²) in [7, 11) is 0. The highest BCUT2D eigenvalue weighted by Crippen LogP contribution is 2.37. The molecule has 3 aromatic heterocycles. The smallest absolute Gasteiger partial charge is 0.137 e. The van der Waals surface area contributed by atoms with E-state index >= 15 is 0 Å². The van der Waals surface area contributed by atoms with Crippen LogP contribution in [0.1, 0.15) is 22.5 Å². The second-order valence-corrected chi connectivity index (χ2v) is 10.9. The van der Waals surface area contributed by atoms with Crippen LogP contribution in [0.15, 0.2) is 97.2 Å². The number of hydrogen-bond donors (Lipinski definition) is 0. The van der Waals surface area contributed by atoms with Gasteiger partial charge >= 0.3 is 0 Å². The molecule has 0 amide bonds. The molecule has 0 fully saturated rings. The number of pyridine rings is 1. The van der Waals surface area contributed by atoms with Crippen molar-refractivity contribution >= 4 is 21.8 Å². The standard InChI is InChI=1S/C36H28F2N4O/c1-21-14-15-39-34(18-21)41-32-11-6-5-8-28(32)29-13-12-26(20-33(29)41)43-27-17-22(2)16-25(19-27)42-24(4)35(23(3)40-42)36-30(37)9-7-10-31(36)38/h5-20H,1-4H3. The molecule has 7 rings (SSSR count). The molecular weight excluding hydrogens is 542 g/mol. The maximum absolute atomic E-state index is 14.7. The van der Waals surface area contributed by atoms with Crippen LogP contribution in [0.4, 0.5) is 8.78 Å². The number of aromatic nitrogens is 4. The van der Waals surface area contributed by atoms with Crippen molar-refractivity contribution < 1.29 is 13.5 Å². The van der Waals surface area contributed by atoms with E-state index in [9.17, 15) is 8.78 Å². The van der Waals surface area contributed by atoms with Gasteiger partial charge in [-0.3, -0.25) is 4.57 Å². The van der Waals surface area contributed by atoms with Crippen LogP contribution >= 0.6 is 0 Å². The molecule has 0 aliphatic heterocycles. The van der Waals surface area contributed by atoms with Crippen LogP contribution in [0.3, 0.4) is 0 Å². The number of para-hydroxylation sites is 1. The maximum Gasteiger partial charge on any atom is 0.137 e. The third kappa shape index (κ3) is 4.54. The Bertz CT molecular complexity index is 2170. The van der Waals surface area contributed by atoms with Gasteiger partial charge in [-0.2, -0.15) is 5.10 Å². The molecular formula is C36H28F2N4O. The van der Waals surface area contributed by atoms with E-state index in [4.69, 9.17) is 4.74 Å². The quantitative estimate of drug-likeness (QED) is 0.207. The predicted molar refractivity (Wildman–Crippen MR) is 167 cm³/mol. The van der Waals surface area contributed by atoms with Gasteiger partial charge in [0.05, 0.1) is 28.0 Å². The van der Waals surface area contributed by atoms with Gasteiger partial charge < -0.3 is 4.74 Å². The van der Waals surface area contributed by atoms with Crippen LogP contribution in [-0.4, -0.2) is 19.3 Å². The molecule has 0 saturated carbocycles. The van der Waals surface area contributed by atoms with Crippen LogP contribution in [0.25, 0.3) is 44.4 Å². The summed E-state index contributed by atoms with van der Waals surface area (Å²) in [6.07, 6.45) is 1.82. The summed E-state index contributed by atoms with van der Waals surface area (Å²) in [6, 6.07) is 28.1. The minimum atomic E-state index is -0.618. The number of aryl methyl sites for hydroxylation is 3. The Morgan fingerprint density at radius 1 is 0.651 bits per heavy atom. The minimum Gasteiger partial charge on any atom is -0.457 e. The van der Waals surface area contributed by atoms with E-state index in [0.29, 0.717) is 28.5 Å². The molecule has 0 aliphatic rings. The molecule has 0 aliphatic carbocycles. The first-order chi connectivity index (χ1) is 20.8. The number of nitrogens with zero attached hydrogens (tertiary/aromatic N) is 4. The van der Waals surface area contributed by atoms with Gasteiger partial charge in [0, 0.05) is 40.4 Å². The van der Waals surface area contributed by atoms with Crippen LogP contribution < -0.4 is 4.74 Å². The van der Waals surface area contributed by atoms with Gasteiger partial charge in [-0.05, 0) is 93.4 Å². The zero-order chi connectivity index (χ0) is 29.8. The molecule has 0 saturated heterocycles. The highest BCUT2D eigenvalue weighted by Gasteiger charge is 2.21. The maximum atomic E-state index is 14.7. The number of hydrogen-bond acceptors (Lipinski definition) is 3. The lowest BCUT2D eigenvalue weighted by molar-refractivity contribution is 0.482. The van der Waals surface area contributed by atoms with Gasteiger partial charge in [0.1, 0.15) is 29.0 Å². The van der Waals surface area contributed by atoms with E-state index < -0.39 is 11.6 Å². The Morgan fingerprint density at radius 2 is 1.42 bits per heavy atom. The first-order valence-corrected chi connectivity index (χ1v) is 14.1. The molecule has 5 nitrogen and oxygen atoms in total. The molecule has 0 spiro atoms. The number of benzene rings is 4. The SMILES string of the molecule is Cc1cc(Oc2ccc3c4ccccc4n(-c4cc(C)ccn4)c3c2)cc(-n2nc(C)c(-c3c(F)cccc3F)c2C)c1. The summed E-state index contributed by atoms with van der Waals surface area (Å²) >= 11 is 0. The number of fused-ring (bicyclic) bond motifs is 3. The molecule has 7 heteroatoms. The first kappa shape index (κ1) is 26.6. The van der Waals surface area contributed by atoms with Gasteiger partial charge in [-0.1, -0.05) is 24.3 Å². The number of ether oxygens (including phenoxy) is 1. The summed E-state index contributed by atoms with van der Waals surface area (Å²) in [5, 5.41) is 6.90. The van der Waals surface area contributed by atoms with E-state index in [1.54, 1.807) is 11.6 Å². The molecule has 0 N–H and O–H groups in total. The molecule has 0 atom stereocenters. The summed E-state index contributed by atoms with van der Waals surface area (Å²) in [5.74, 6) is 0.897. The fourth-order valence-corrected chi connectivity index (χ4v) is 5.94. The summed E-state index contributed by atoms with van der Waals surface area (Å²) in [4.78, 5) is 4.67. The lowest BCUT2D eigenvalue weighted by Crippen LogP contribution is -2.01. The van der Waals surface area contributed by atoms with E-state index in [1.807, 2.05) is 68.6 Å². The van der Waals surface area contributed by atoms with Crippen molar-refractivity contribution in [2.75, 3.05) is 0 Å². The lowest BCUT2D eigenvalue weighted by Gasteiger charge is -2.12. The average molecular weight is 571 g/mol. The number of halogens is 2. The fourth-order valence-electron chi connectivity index (χ4n) is 5.94. The van der Waals surface area contributed by atoms with E-state index in [-0.39, 0.29) is 5.56 Å². The van der Waals surface area contributed by atoms with Crippen molar-refractivity contribution in [3.8, 4) is 34.1 Å². The Kier molecular flexibility index (Phi) is 6.31. The molecule has 3 heterocycles. The van der Waals surface area contributed by atoms with Crippen molar-refractivity contribution in [1.82, 2.24) is 19.3 Å². The van der Waals surface area contributed by atoms with Crippen molar-refractivity contribution in [1.29, 1.82) is 0 Å². The van der Waals surface area contributed by atoms with Crippen LogP contribution in [-0.2, 0) is 0 Å². The molecule has 0 radical (unpaired) electrons. The summed E-state index contributed by atoms with van der Waals surface area (Å²) in [5.41, 5.74) is 6.42. The molecule has 7 aromatic rings. The minimum absolute atomic E-state index is 0.0698. The molecule has 43 heavy (non-hydrogen) atoms. The van der Waals surface area contributed by atoms with Gasteiger partial charge in [0.2, 0.25) is 0 Å². The lowest BCUT2D eigenvalue weighted by atomic mass is 10.0. The summed E-state index contributed by atoms with van der Waals surface area (Å²) in [6.45, 7) is 7.61. The zero-order valence-corrected chi connectivity index (χ0v) is 24.2. The zero-order valence-electron chi connectivity index (χ0n) is 24.2. The van der Waals surface area contributed by atoms with Crippen molar-refractivity contribution in [2.24, 2.45) is 0 Å².